The fraction of sp³-hybridized carbons (Fsp3) is 0.120. The summed E-state index contributed by atoms with van der Waals surface area (Å²) in [6.07, 6.45) is 6.84. The highest BCUT2D eigenvalue weighted by atomic mass is 15.0. The van der Waals surface area contributed by atoms with Gasteiger partial charge in [-0.25, -0.2) is 0 Å². The molecule has 0 radical (unpaired) electrons. The van der Waals surface area contributed by atoms with Crippen molar-refractivity contribution in [1.29, 1.82) is 0 Å². The highest BCUT2D eigenvalue weighted by Gasteiger charge is 2.21. The molecule has 0 bridgehead atoms. The second-order valence-corrected chi connectivity index (χ2v) is 7.41. The van der Waals surface area contributed by atoms with Gasteiger partial charge in [0.25, 0.3) is 0 Å². The van der Waals surface area contributed by atoms with Gasteiger partial charge in [0.15, 0.2) is 0 Å². The third-order valence-corrected chi connectivity index (χ3v) is 5.99. The normalized spacial score (nSPS) is 13.7. The molecule has 0 atom stereocenters. The Balaban J connectivity index is 1.90. The van der Waals surface area contributed by atoms with E-state index in [2.05, 4.69) is 95.1 Å². The minimum absolute atomic E-state index is 1.13. The molecule has 2 aromatic heterocycles. The van der Waals surface area contributed by atoms with E-state index in [1.165, 1.54) is 49.7 Å². The van der Waals surface area contributed by atoms with E-state index in [4.69, 9.17) is 0 Å². The molecule has 0 saturated heterocycles. The van der Waals surface area contributed by atoms with Gasteiger partial charge < -0.3 is 9.13 Å². The molecular formula is C25H20N2. The Bertz CT molecular complexity index is 1360. The molecule has 0 N–H and O–H groups in total. The van der Waals surface area contributed by atoms with E-state index in [0.29, 0.717) is 0 Å². The van der Waals surface area contributed by atoms with E-state index >= 15 is 0 Å². The minimum atomic E-state index is 1.13. The lowest BCUT2D eigenvalue weighted by atomic mass is 10.00. The molecule has 130 valence electrons. The van der Waals surface area contributed by atoms with Crippen molar-refractivity contribution < 1.29 is 0 Å². The van der Waals surface area contributed by atoms with Gasteiger partial charge in [-0.1, -0.05) is 54.6 Å². The van der Waals surface area contributed by atoms with Crippen LogP contribution >= 0.6 is 0 Å². The van der Waals surface area contributed by atoms with Gasteiger partial charge in [-0.3, -0.25) is 0 Å². The van der Waals surface area contributed by atoms with Gasteiger partial charge in [0.2, 0.25) is 0 Å². The summed E-state index contributed by atoms with van der Waals surface area (Å²) in [6.45, 7) is 0. The van der Waals surface area contributed by atoms with E-state index in [0.717, 1.165) is 12.8 Å². The van der Waals surface area contributed by atoms with Crippen molar-refractivity contribution in [1.82, 2.24) is 9.13 Å². The summed E-state index contributed by atoms with van der Waals surface area (Å²) in [5.41, 5.74) is 7.97. The number of allylic oxidation sites excluding steroid dienone is 1. The first-order valence-corrected chi connectivity index (χ1v) is 9.60. The molecule has 1 aliphatic rings. The van der Waals surface area contributed by atoms with Gasteiger partial charge >= 0.3 is 0 Å². The molecule has 0 unspecified atom stereocenters. The third-order valence-electron chi connectivity index (χ3n) is 5.99. The van der Waals surface area contributed by atoms with Crippen LogP contribution in [0.4, 0.5) is 0 Å². The average Bonchev–Trinajstić information content (AvgIpc) is 3.22. The van der Waals surface area contributed by atoms with Crippen LogP contribution in [0.5, 0.6) is 0 Å². The largest absolute Gasteiger partial charge is 0.342 e. The van der Waals surface area contributed by atoms with Crippen LogP contribution in [0.3, 0.4) is 0 Å². The van der Waals surface area contributed by atoms with E-state index in [-0.39, 0.29) is 0 Å². The number of hydrogen-bond donors (Lipinski definition) is 0. The molecule has 6 rings (SSSR count). The zero-order valence-electron chi connectivity index (χ0n) is 15.3. The van der Waals surface area contributed by atoms with Crippen molar-refractivity contribution in [3.63, 3.8) is 0 Å². The first-order valence-electron chi connectivity index (χ1n) is 9.60. The minimum Gasteiger partial charge on any atom is -0.342 e. The number of benzene rings is 3. The number of nitrogens with zero attached hydrogens (tertiary/aromatic N) is 2. The van der Waals surface area contributed by atoms with Crippen LogP contribution in [-0.4, -0.2) is 9.13 Å². The predicted octanol–water partition coefficient (Wildman–Crippen LogP) is 6.23. The molecule has 0 saturated carbocycles. The van der Waals surface area contributed by atoms with Crippen molar-refractivity contribution >= 4 is 38.8 Å². The molecule has 0 spiro atoms. The van der Waals surface area contributed by atoms with Gasteiger partial charge in [0.05, 0.1) is 16.6 Å². The van der Waals surface area contributed by atoms with Crippen molar-refractivity contribution in [2.45, 2.75) is 12.8 Å². The Hall–Kier alpha value is -3.26. The van der Waals surface area contributed by atoms with E-state index in [9.17, 15) is 0 Å². The van der Waals surface area contributed by atoms with Crippen LogP contribution < -0.4 is 0 Å². The van der Waals surface area contributed by atoms with Gasteiger partial charge in [-0.05, 0) is 42.7 Å². The van der Waals surface area contributed by atoms with Crippen LogP contribution in [0.2, 0.25) is 0 Å². The summed E-state index contributed by atoms with van der Waals surface area (Å²) in [5.74, 6) is 0. The lowest BCUT2D eigenvalue weighted by molar-refractivity contribution is 0.908. The molecule has 27 heavy (non-hydrogen) atoms. The first-order chi connectivity index (χ1) is 13.3. The summed E-state index contributed by atoms with van der Waals surface area (Å²) >= 11 is 0. The number of hydrogen-bond acceptors (Lipinski definition) is 0. The highest BCUT2D eigenvalue weighted by Crippen LogP contribution is 2.40. The van der Waals surface area contributed by atoms with Gasteiger partial charge in [-0.15, -0.1) is 0 Å². The SMILES string of the molecule is Cn1c2c(c3ccc4c5ccccc5n(-c5ccccc5)c4c31)CCC=C2. The second kappa shape index (κ2) is 5.37. The Labute approximate surface area is 158 Å². The maximum atomic E-state index is 2.43. The number of rotatable bonds is 1. The van der Waals surface area contributed by atoms with E-state index in [1.54, 1.807) is 0 Å². The van der Waals surface area contributed by atoms with Crippen molar-refractivity contribution in [2.75, 3.05) is 0 Å². The van der Waals surface area contributed by atoms with Gasteiger partial charge in [0.1, 0.15) is 0 Å². The number of aromatic nitrogens is 2. The monoisotopic (exact) mass is 348 g/mol. The topological polar surface area (TPSA) is 9.86 Å². The van der Waals surface area contributed by atoms with Crippen LogP contribution in [0, 0.1) is 0 Å². The number of fused-ring (bicyclic) bond motifs is 7. The molecule has 2 heterocycles. The zero-order valence-corrected chi connectivity index (χ0v) is 15.3. The van der Waals surface area contributed by atoms with Crippen LogP contribution in [-0.2, 0) is 13.5 Å². The zero-order chi connectivity index (χ0) is 18.0. The van der Waals surface area contributed by atoms with E-state index in [1.807, 2.05) is 0 Å². The van der Waals surface area contributed by atoms with Gasteiger partial charge in [-0.2, -0.15) is 0 Å². The molecular weight excluding hydrogens is 328 g/mol. The van der Waals surface area contributed by atoms with E-state index < -0.39 is 0 Å². The van der Waals surface area contributed by atoms with Crippen LogP contribution in [0.25, 0.3) is 44.5 Å². The molecule has 2 nitrogen and oxygen atoms in total. The summed E-state index contributed by atoms with van der Waals surface area (Å²) < 4.78 is 4.82. The fourth-order valence-electron chi connectivity index (χ4n) is 4.83. The maximum Gasteiger partial charge on any atom is 0.0785 e. The molecule has 0 aliphatic heterocycles. The highest BCUT2D eigenvalue weighted by molar-refractivity contribution is 6.18. The van der Waals surface area contributed by atoms with Gasteiger partial charge in [0, 0.05) is 34.6 Å². The summed E-state index contributed by atoms with van der Waals surface area (Å²) in [6, 6.07) is 24.1. The quantitative estimate of drug-likeness (QED) is 0.339. The molecule has 0 amide bonds. The Morgan fingerprint density at radius 3 is 2.41 bits per heavy atom. The summed E-state index contributed by atoms with van der Waals surface area (Å²) in [5, 5.41) is 4.03. The summed E-state index contributed by atoms with van der Waals surface area (Å²) in [4.78, 5) is 0. The maximum absolute atomic E-state index is 2.43. The standard InChI is InChI=1S/C25H20N2/c1-26-22-13-7-5-11-18(22)20-15-16-21-19-12-6-8-14-23(19)27(25(21)24(20)26)17-9-3-2-4-10-17/h2-4,6-10,12-16H,5,11H2,1H3. The molecule has 2 heteroatoms. The lowest BCUT2D eigenvalue weighted by Crippen LogP contribution is -1.98. The predicted molar refractivity (Wildman–Crippen MR) is 115 cm³/mol. The van der Waals surface area contributed by atoms with Crippen LogP contribution in [0.1, 0.15) is 17.7 Å². The molecule has 1 aliphatic carbocycles. The van der Waals surface area contributed by atoms with Crippen molar-refractivity contribution in [3.8, 4) is 5.69 Å². The smallest absolute Gasteiger partial charge is 0.0785 e. The Kier molecular flexibility index (Phi) is 2.96. The second-order valence-electron chi connectivity index (χ2n) is 7.41. The number of aryl methyl sites for hydroxylation is 2. The Morgan fingerprint density at radius 2 is 1.52 bits per heavy atom. The molecule has 0 fully saturated rings. The van der Waals surface area contributed by atoms with Crippen molar-refractivity contribution in [3.05, 3.63) is 84.1 Å². The third kappa shape index (κ3) is 1.90. The lowest BCUT2D eigenvalue weighted by Gasteiger charge is -2.10. The first kappa shape index (κ1) is 14.9. The Morgan fingerprint density at radius 1 is 0.741 bits per heavy atom. The summed E-state index contributed by atoms with van der Waals surface area (Å²) in [7, 11) is 2.21. The fourth-order valence-corrected chi connectivity index (χ4v) is 4.83. The van der Waals surface area contributed by atoms with Crippen molar-refractivity contribution in [2.24, 2.45) is 7.05 Å². The molecule has 3 aromatic carbocycles. The molecule has 5 aromatic rings. The number of para-hydroxylation sites is 2. The van der Waals surface area contributed by atoms with Crippen LogP contribution in [0.15, 0.2) is 72.8 Å². The average molecular weight is 348 g/mol.